The average molecular weight is 389 g/mol. The maximum atomic E-state index is 12.8. The monoisotopic (exact) mass is 389 g/mol. The molecule has 28 heavy (non-hydrogen) atoms. The Hall–Kier alpha value is -2.48. The highest BCUT2D eigenvalue weighted by Crippen LogP contribution is 2.22. The van der Waals surface area contributed by atoms with Crippen LogP contribution in [0.5, 0.6) is 0 Å². The first-order valence-electron chi connectivity index (χ1n) is 9.69. The lowest BCUT2D eigenvalue weighted by Crippen LogP contribution is -2.38. The highest BCUT2D eigenvalue weighted by Gasteiger charge is 2.45. The van der Waals surface area contributed by atoms with Gasteiger partial charge in [-0.25, -0.2) is 9.69 Å². The van der Waals surface area contributed by atoms with E-state index in [9.17, 15) is 19.2 Å². The van der Waals surface area contributed by atoms with E-state index in [1.807, 2.05) is 32.3 Å². The summed E-state index contributed by atoms with van der Waals surface area (Å²) >= 11 is 0. The number of amides is 4. The summed E-state index contributed by atoms with van der Waals surface area (Å²) < 4.78 is 7.72. The number of hydrogen-bond donors (Lipinski definition) is 0. The van der Waals surface area contributed by atoms with E-state index < -0.39 is 24.4 Å². The number of ether oxygens (including phenoxy) is 1. The van der Waals surface area contributed by atoms with Crippen LogP contribution in [-0.2, 0) is 20.9 Å². The van der Waals surface area contributed by atoms with Gasteiger partial charge in [0.25, 0.3) is 0 Å². The largest absolute Gasteiger partial charge is 0.376 e. The lowest BCUT2D eigenvalue weighted by Gasteiger charge is -2.17. The summed E-state index contributed by atoms with van der Waals surface area (Å²) in [7, 11) is 0. The molecule has 0 N–H and O–H groups in total. The third-order valence-corrected chi connectivity index (χ3v) is 5.27. The molecule has 2 aliphatic heterocycles. The van der Waals surface area contributed by atoms with Crippen molar-refractivity contribution in [2.45, 2.75) is 53.2 Å². The molecule has 2 saturated heterocycles. The minimum atomic E-state index is -0.938. The van der Waals surface area contributed by atoms with Crippen molar-refractivity contribution in [3.05, 3.63) is 23.0 Å². The molecule has 8 nitrogen and oxygen atoms in total. The van der Waals surface area contributed by atoms with Crippen LogP contribution in [-0.4, -0.2) is 63.8 Å². The van der Waals surface area contributed by atoms with Crippen molar-refractivity contribution < 1.29 is 23.9 Å². The smallest absolute Gasteiger partial charge is 0.334 e. The highest BCUT2D eigenvalue weighted by atomic mass is 16.5. The number of hydrogen-bond acceptors (Lipinski definition) is 5. The summed E-state index contributed by atoms with van der Waals surface area (Å²) in [5, 5.41) is 0. The number of carbonyl (C=O) groups excluding carboxylic acids is 4. The molecular formula is C20H27N3O5. The third-order valence-electron chi connectivity index (χ3n) is 5.27. The summed E-state index contributed by atoms with van der Waals surface area (Å²) in [6.07, 6.45) is 2.16. The number of carbonyl (C=O) groups is 4. The zero-order valence-electron chi connectivity index (χ0n) is 16.9. The molecule has 0 bridgehead atoms. The lowest BCUT2D eigenvalue weighted by atomic mass is 10.1. The molecule has 3 heterocycles. The molecule has 0 saturated carbocycles. The molecule has 0 aromatic carbocycles. The first-order valence-corrected chi connectivity index (χ1v) is 9.69. The lowest BCUT2D eigenvalue weighted by molar-refractivity contribution is -0.143. The molecule has 0 unspecified atom stereocenters. The Kier molecular flexibility index (Phi) is 5.69. The Morgan fingerprint density at radius 3 is 2.46 bits per heavy atom. The minimum Gasteiger partial charge on any atom is -0.376 e. The Bertz CT molecular complexity index is 820. The van der Waals surface area contributed by atoms with Crippen molar-refractivity contribution in [2.24, 2.45) is 5.92 Å². The van der Waals surface area contributed by atoms with Crippen molar-refractivity contribution in [1.29, 1.82) is 0 Å². The van der Waals surface area contributed by atoms with E-state index in [0.29, 0.717) is 12.1 Å². The van der Waals surface area contributed by atoms with Crippen molar-refractivity contribution in [2.75, 3.05) is 19.7 Å². The number of aromatic nitrogens is 1. The van der Waals surface area contributed by atoms with Crippen LogP contribution in [0.25, 0.3) is 0 Å². The van der Waals surface area contributed by atoms with Gasteiger partial charge in [-0.15, -0.1) is 0 Å². The summed E-state index contributed by atoms with van der Waals surface area (Å²) in [5.41, 5.74) is 2.17. The van der Waals surface area contributed by atoms with Crippen molar-refractivity contribution in [3.8, 4) is 0 Å². The van der Waals surface area contributed by atoms with Gasteiger partial charge in [-0.05, 0) is 38.7 Å². The van der Waals surface area contributed by atoms with Gasteiger partial charge >= 0.3 is 17.8 Å². The van der Waals surface area contributed by atoms with Gasteiger partial charge in [-0.2, -0.15) is 0 Å². The predicted molar refractivity (Wildman–Crippen MR) is 101 cm³/mol. The maximum absolute atomic E-state index is 12.8. The van der Waals surface area contributed by atoms with Gasteiger partial charge in [-0.1, -0.05) is 13.8 Å². The van der Waals surface area contributed by atoms with E-state index >= 15 is 0 Å². The van der Waals surface area contributed by atoms with E-state index in [-0.39, 0.29) is 24.3 Å². The number of nitrogens with zero attached hydrogens (tertiary/aromatic N) is 3. The molecule has 4 amide bonds. The van der Waals surface area contributed by atoms with Crippen LogP contribution < -0.4 is 0 Å². The standard InChI is InChI=1S/C20H27N3O5/c1-12(2)9-22-18(25)19(26)23(20(22)27)11-17(24)16-8-13(3)21(14(16)4)10-15-6-5-7-28-15/h8,12,15H,5-7,9-11H2,1-4H3/t15-/m0/s1. The SMILES string of the molecule is Cc1cc(C(=O)CN2C(=O)C(=O)N(CC(C)C)C2=O)c(C)n1C[C@@H]1CCCO1. The second-order valence-electron chi connectivity index (χ2n) is 7.94. The van der Waals surface area contributed by atoms with Gasteiger partial charge in [0.2, 0.25) is 0 Å². The molecule has 2 fully saturated rings. The fraction of sp³-hybridized carbons (Fsp3) is 0.600. The first kappa shape index (κ1) is 20.3. The van der Waals surface area contributed by atoms with Gasteiger partial charge in [0, 0.05) is 36.6 Å². The van der Waals surface area contributed by atoms with E-state index in [1.165, 1.54) is 0 Å². The van der Waals surface area contributed by atoms with E-state index in [0.717, 1.165) is 40.6 Å². The molecule has 0 radical (unpaired) electrons. The zero-order valence-corrected chi connectivity index (χ0v) is 16.9. The van der Waals surface area contributed by atoms with Gasteiger partial charge < -0.3 is 9.30 Å². The minimum absolute atomic E-state index is 0.0353. The average Bonchev–Trinajstić information content (AvgIpc) is 3.30. The molecule has 1 atom stereocenters. The molecule has 152 valence electrons. The Balaban J connectivity index is 1.75. The van der Waals surface area contributed by atoms with Gasteiger partial charge in [0.15, 0.2) is 5.78 Å². The number of aryl methyl sites for hydroxylation is 1. The number of imide groups is 2. The van der Waals surface area contributed by atoms with Crippen molar-refractivity contribution >= 4 is 23.6 Å². The van der Waals surface area contributed by atoms with Gasteiger partial charge in [0.1, 0.15) is 0 Å². The molecule has 0 aliphatic carbocycles. The number of urea groups is 1. The van der Waals surface area contributed by atoms with Crippen LogP contribution in [0.1, 0.15) is 48.4 Å². The molecular weight excluding hydrogens is 362 g/mol. The molecule has 0 spiro atoms. The zero-order chi connectivity index (χ0) is 20.6. The van der Waals surface area contributed by atoms with Gasteiger partial charge in [-0.3, -0.25) is 19.3 Å². The van der Waals surface area contributed by atoms with Crippen LogP contribution in [0.3, 0.4) is 0 Å². The van der Waals surface area contributed by atoms with Crippen LogP contribution >= 0.6 is 0 Å². The molecule has 2 aliphatic rings. The maximum Gasteiger partial charge on any atom is 0.334 e. The summed E-state index contributed by atoms with van der Waals surface area (Å²) in [6, 6.07) is 1.05. The number of ketones is 1. The van der Waals surface area contributed by atoms with Crippen LogP contribution in [0, 0.1) is 19.8 Å². The van der Waals surface area contributed by atoms with E-state index in [4.69, 9.17) is 4.74 Å². The Labute approximate surface area is 164 Å². The second-order valence-corrected chi connectivity index (χ2v) is 7.94. The Morgan fingerprint density at radius 1 is 1.18 bits per heavy atom. The topological polar surface area (TPSA) is 88.9 Å². The highest BCUT2D eigenvalue weighted by molar-refractivity contribution is 6.45. The predicted octanol–water partition coefficient (Wildman–Crippen LogP) is 1.91. The molecule has 8 heteroatoms. The fourth-order valence-corrected chi connectivity index (χ4v) is 3.80. The summed E-state index contributed by atoms with van der Waals surface area (Å²) in [6.45, 7) is 8.62. The van der Waals surface area contributed by atoms with Crippen LogP contribution in [0.15, 0.2) is 6.07 Å². The van der Waals surface area contributed by atoms with E-state index in [2.05, 4.69) is 0 Å². The summed E-state index contributed by atoms with van der Waals surface area (Å²) in [5.74, 6) is -2.12. The number of rotatable bonds is 7. The van der Waals surface area contributed by atoms with Gasteiger partial charge in [0.05, 0.1) is 12.6 Å². The third kappa shape index (κ3) is 3.73. The van der Waals surface area contributed by atoms with Crippen LogP contribution in [0.2, 0.25) is 0 Å². The van der Waals surface area contributed by atoms with E-state index in [1.54, 1.807) is 6.07 Å². The van der Waals surface area contributed by atoms with Crippen LogP contribution in [0.4, 0.5) is 4.79 Å². The quantitative estimate of drug-likeness (QED) is 0.404. The Morgan fingerprint density at radius 2 is 1.86 bits per heavy atom. The molecule has 1 aromatic heterocycles. The number of Topliss-reactive ketones (excluding diaryl/α,β-unsaturated/α-hetero) is 1. The first-order chi connectivity index (χ1) is 13.2. The normalized spacial score (nSPS) is 20.2. The van der Waals surface area contributed by atoms with Crippen molar-refractivity contribution in [3.63, 3.8) is 0 Å². The fourth-order valence-electron chi connectivity index (χ4n) is 3.80. The second kappa shape index (κ2) is 7.87. The summed E-state index contributed by atoms with van der Waals surface area (Å²) in [4.78, 5) is 51.2. The van der Waals surface area contributed by atoms with Crippen molar-refractivity contribution in [1.82, 2.24) is 14.4 Å². The molecule has 1 aromatic rings. The molecule has 3 rings (SSSR count).